The second kappa shape index (κ2) is 6.75. The van der Waals surface area contributed by atoms with E-state index in [0.29, 0.717) is 26.1 Å². The molecule has 3 rings (SSSR count). The Labute approximate surface area is 138 Å². The molecule has 1 aromatic rings. The largest absolute Gasteiger partial charge is 0.355 e. The van der Waals surface area contributed by atoms with Gasteiger partial charge in [-0.05, 0) is 25.0 Å². The zero-order valence-corrected chi connectivity index (χ0v) is 13.4. The van der Waals surface area contributed by atoms with E-state index in [1.165, 1.54) is 4.90 Å². The summed E-state index contributed by atoms with van der Waals surface area (Å²) in [4.78, 5) is 16.0. The number of hydrogen-bond acceptors (Lipinski definition) is 4. The number of nitriles is 1. The van der Waals surface area contributed by atoms with E-state index in [1.54, 1.807) is 22.7 Å². The van der Waals surface area contributed by atoms with Gasteiger partial charge >= 0.3 is 0 Å². The Morgan fingerprint density at radius 3 is 2.48 bits per heavy atom. The zero-order chi connectivity index (χ0) is 16.4. The summed E-state index contributed by atoms with van der Waals surface area (Å²) in [6.07, 6.45) is 1.32. The van der Waals surface area contributed by atoms with Crippen molar-refractivity contribution < 1.29 is 13.6 Å². The Morgan fingerprint density at radius 2 is 1.87 bits per heavy atom. The minimum Gasteiger partial charge on any atom is -0.355 e. The van der Waals surface area contributed by atoms with E-state index >= 15 is 0 Å². The van der Waals surface area contributed by atoms with Crippen LogP contribution in [0.25, 0.3) is 0 Å². The summed E-state index contributed by atoms with van der Waals surface area (Å²) in [5.74, 6) is 0.188. The number of nitrogens with zero attached hydrogens (tertiary/aromatic N) is 3. The summed E-state index contributed by atoms with van der Waals surface area (Å²) in [6.45, 7) is 1.82. The molecule has 1 aromatic carbocycles. The number of thioether (sulfide) groups is 1. The number of anilines is 1. The lowest BCUT2D eigenvalue weighted by Gasteiger charge is -2.33. The Hall–Kier alpha value is -1.81. The number of carbonyl (C=O) groups is 1. The van der Waals surface area contributed by atoms with Crippen LogP contribution in [0.3, 0.4) is 0 Å². The molecule has 0 saturated carbocycles. The molecule has 2 saturated heterocycles. The van der Waals surface area contributed by atoms with E-state index in [4.69, 9.17) is 5.26 Å². The molecule has 2 heterocycles. The van der Waals surface area contributed by atoms with Gasteiger partial charge in [-0.25, -0.2) is 8.78 Å². The summed E-state index contributed by atoms with van der Waals surface area (Å²) < 4.78 is 28.5. The standard InChI is InChI=1S/C16H17F2N3OS/c17-12-8-11(10-19)9-13(18)15(12)21-3-1-2-14(21)16(22)20-4-6-23-7-5-20/h8-9,14H,1-7H2/t14-/m0/s1. The quantitative estimate of drug-likeness (QED) is 0.831. The van der Waals surface area contributed by atoms with Crippen molar-refractivity contribution in [1.29, 1.82) is 5.26 Å². The first-order valence-corrected chi connectivity index (χ1v) is 8.79. The molecule has 1 amide bonds. The highest BCUT2D eigenvalue weighted by molar-refractivity contribution is 7.99. The number of halogens is 2. The van der Waals surface area contributed by atoms with Crippen molar-refractivity contribution in [3.63, 3.8) is 0 Å². The van der Waals surface area contributed by atoms with E-state index < -0.39 is 17.7 Å². The van der Waals surface area contributed by atoms with Gasteiger partial charge in [0.25, 0.3) is 0 Å². The van der Waals surface area contributed by atoms with Gasteiger partial charge in [0.2, 0.25) is 5.91 Å². The van der Waals surface area contributed by atoms with Gasteiger partial charge in [-0.3, -0.25) is 4.79 Å². The summed E-state index contributed by atoms with van der Waals surface area (Å²) in [7, 11) is 0. The van der Waals surface area contributed by atoms with Crippen LogP contribution < -0.4 is 4.90 Å². The first-order valence-electron chi connectivity index (χ1n) is 7.64. The Morgan fingerprint density at radius 1 is 1.22 bits per heavy atom. The van der Waals surface area contributed by atoms with Crippen LogP contribution in [0.4, 0.5) is 14.5 Å². The van der Waals surface area contributed by atoms with Gasteiger partial charge in [0, 0.05) is 31.1 Å². The molecule has 2 aliphatic rings. The van der Waals surface area contributed by atoms with Gasteiger partial charge < -0.3 is 9.80 Å². The average Bonchev–Trinajstić information content (AvgIpc) is 3.03. The molecule has 0 bridgehead atoms. The minimum absolute atomic E-state index is 0.0500. The molecule has 0 N–H and O–H groups in total. The molecule has 0 aliphatic carbocycles. The third-order valence-corrected chi connectivity index (χ3v) is 5.24. The van der Waals surface area contributed by atoms with Crippen LogP contribution in [0, 0.1) is 23.0 Å². The maximum absolute atomic E-state index is 14.3. The summed E-state index contributed by atoms with van der Waals surface area (Å²) in [5.41, 5.74) is -0.245. The molecule has 0 unspecified atom stereocenters. The fourth-order valence-corrected chi connectivity index (χ4v) is 4.09. The van der Waals surface area contributed by atoms with Gasteiger partial charge in [-0.15, -0.1) is 0 Å². The number of benzene rings is 1. The predicted octanol–water partition coefficient (Wildman–Crippen LogP) is 2.38. The van der Waals surface area contributed by atoms with Crippen molar-refractivity contribution in [2.24, 2.45) is 0 Å². The van der Waals surface area contributed by atoms with Crippen molar-refractivity contribution in [3.8, 4) is 6.07 Å². The molecular weight excluding hydrogens is 320 g/mol. The highest BCUT2D eigenvalue weighted by Gasteiger charge is 2.36. The lowest BCUT2D eigenvalue weighted by molar-refractivity contribution is -0.132. The van der Waals surface area contributed by atoms with Crippen LogP contribution >= 0.6 is 11.8 Å². The highest BCUT2D eigenvalue weighted by atomic mass is 32.2. The third kappa shape index (κ3) is 3.13. The molecule has 1 atom stereocenters. The lowest BCUT2D eigenvalue weighted by atomic mass is 10.1. The molecule has 0 aromatic heterocycles. The second-order valence-corrected chi connectivity index (χ2v) is 6.91. The Balaban J connectivity index is 1.87. The second-order valence-electron chi connectivity index (χ2n) is 5.69. The maximum Gasteiger partial charge on any atom is 0.245 e. The van der Waals surface area contributed by atoms with Crippen molar-refractivity contribution in [3.05, 3.63) is 29.3 Å². The fraction of sp³-hybridized carbons (Fsp3) is 0.500. The fourth-order valence-electron chi connectivity index (χ4n) is 3.19. The van der Waals surface area contributed by atoms with Gasteiger partial charge in [-0.2, -0.15) is 17.0 Å². The van der Waals surface area contributed by atoms with E-state index in [1.807, 2.05) is 0 Å². The number of carbonyl (C=O) groups excluding carboxylic acids is 1. The van der Waals surface area contributed by atoms with Gasteiger partial charge in [0.05, 0.1) is 11.6 Å². The highest BCUT2D eigenvalue weighted by Crippen LogP contribution is 2.32. The van der Waals surface area contributed by atoms with Crippen molar-refractivity contribution in [1.82, 2.24) is 4.90 Å². The van der Waals surface area contributed by atoms with Crippen LogP contribution in [-0.2, 0) is 4.79 Å². The third-order valence-electron chi connectivity index (χ3n) is 4.29. The Kier molecular flexibility index (Phi) is 4.71. The van der Waals surface area contributed by atoms with Gasteiger partial charge in [-0.1, -0.05) is 0 Å². The molecule has 23 heavy (non-hydrogen) atoms. The normalized spacial score (nSPS) is 21.3. The van der Waals surface area contributed by atoms with Crippen LogP contribution in [-0.4, -0.2) is 48.0 Å². The molecule has 7 heteroatoms. The molecule has 0 spiro atoms. The topological polar surface area (TPSA) is 47.3 Å². The zero-order valence-electron chi connectivity index (χ0n) is 12.6. The van der Waals surface area contributed by atoms with Gasteiger partial charge in [0.1, 0.15) is 11.7 Å². The van der Waals surface area contributed by atoms with Crippen LogP contribution in [0.5, 0.6) is 0 Å². The average molecular weight is 337 g/mol. The summed E-state index contributed by atoms with van der Waals surface area (Å²) >= 11 is 1.81. The predicted molar refractivity (Wildman–Crippen MR) is 85.3 cm³/mol. The molecule has 4 nitrogen and oxygen atoms in total. The molecule has 0 radical (unpaired) electrons. The van der Waals surface area contributed by atoms with Crippen LogP contribution in [0.2, 0.25) is 0 Å². The first kappa shape index (κ1) is 16.1. The van der Waals surface area contributed by atoms with Gasteiger partial charge in [0.15, 0.2) is 11.6 Å². The molecule has 2 aliphatic heterocycles. The maximum atomic E-state index is 14.3. The SMILES string of the molecule is N#Cc1cc(F)c(N2CCC[C@H]2C(=O)N2CCSCC2)c(F)c1. The molecular formula is C16H17F2N3OS. The van der Waals surface area contributed by atoms with Crippen molar-refractivity contribution >= 4 is 23.4 Å². The minimum atomic E-state index is -0.782. The number of hydrogen-bond donors (Lipinski definition) is 0. The Bertz CT molecular complexity index is 632. The smallest absolute Gasteiger partial charge is 0.245 e. The summed E-state index contributed by atoms with van der Waals surface area (Å²) in [6, 6.07) is 3.26. The first-order chi connectivity index (χ1) is 11.1. The monoisotopic (exact) mass is 337 g/mol. The van der Waals surface area contributed by atoms with Crippen LogP contribution in [0.15, 0.2) is 12.1 Å². The van der Waals surface area contributed by atoms with E-state index in [0.717, 1.165) is 30.1 Å². The summed E-state index contributed by atoms with van der Waals surface area (Å²) in [5, 5.41) is 8.79. The molecule has 122 valence electrons. The lowest BCUT2D eigenvalue weighted by Crippen LogP contribution is -2.49. The van der Waals surface area contributed by atoms with E-state index in [-0.39, 0.29) is 17.2 Å². The van der Waals surface area contributed by atoms with Crippen molar-refractivity contribution in [2.75, 3.05) is 36.0 Å². The number of rotatable bonds is 2. The van der Waals surface area contributed by atoms with E-state index in [9.17, 15) is 13.6 Å². The van der Waals surface area contributed by atoms with Crippen LogP contribution in [0.1, 0.15) is 18.4 Å². The van der Waals surface area contributed by atoms with E-state index in [2.05, 4.69) is 0 Å². The number of amides is 1. The van der Waals surface area contributed by atoms with Crippen molar-refractivity contribution in [2.45, 2.75) is 18.9 Å². The molecule has 2 fully saturated rings.